The average Bonchev–Trinajstić information content (AvgIpc) is 2.02. The summed E-state index contributed by atoms with van der Waals surface area (Å²) in [4.78, 5) is 20.6. The summed E-state index contributed by atoms with van der Waals surface area (Å²) in [5.41, 5.74) is 0. The van der Waals surface area contributed by atoms with Crippen molar-refractivity contribution >= 4 is 28.0 Å². The third-order valence-corrected chi connectivity index (χ3v) is 0.880. The first-order chi connectivity index (χ1) is 5.11. The number of carbonyl (C=O) groups is 2. The fraction of sp³-hybridized carbons (Fsp3) is 0.500. The van der Waals surface area contributed by atoms with E-state index in [-0.39, 0.29) is 0 Å². The number of aliphatic hydroxyl groups excluding tert-OH is 1. The van der Waals surface area contributed by atoms with Crippen LogP contribution in [0.1, 0.15) is 6.42 Å². The van der Waals surface area contributed by atoms with Crippen molar-refractivity contribution in [2.24, 2.45) is 0 Å². The predicted molar refractivity (Wildman–Crippen MR) is 34.3 cm³/mol. The molecule has 0 saturated carbocycles. The van der Waals surface area contributed by atoms with Crippen LogP contribution in [0.3, 0.4) is 0 Å². The fourth-order valence-corrected chi connectivity index (χ4v) is 0.368. The third kappa shape index (κ3) is 3.67. The molecule has 1 N–H and O–H groups in total. The first-order valence-electron chi connectivity index (χ1n) is 2.60. The van der Waals surface area contributed by atoms with E-state index >= 15 is 0 Å². The molecule has 0 aromatic rings. The molecular formula is C4H4B2O5. The number of aliphatic hydroxyl groups is 1. The largest absolute Gasteiger partial charge is 0.543 e. The van der Waals surface area contributed by atoms with Gasteiger partial charge in [0.1, 0.15) is 0 Å². The van der Waals surface area contributed by atoms with Crippen LogP contribution >= 0.6 is 0 Å². The molecule has 0 bridgehead atoms. The van der Waals surface area contributed by atoms with Crippen LogP contribution < -0.4 is 0 Å². The van der Waals surface area contributed by atoms with E-state index in [1.54, 1.807) is 0 Å². The van der Waals surface area contributed by atoms with Crippen molar-refractivity contribution in [3.63, 3.8) is 0 Å². The molecule has 0 spiro atoms. The molecule has 4 radical (unpaired) electrons. The van der Waals surface area contributed by atoms with E-state index in [1.165, 1.54) is 0 Å². The van der Waals surface area contributed by atoms with Crippen molar-refractivity contribution in [2.75, 3.05) is 0 Å². The molecule has 5 nitrogen and oxygen atoms in total. The summed E-state index contributed by atoms with van der Waals surface area (Å²) in [6.45, 7) is 0. The minimum Gasteiger partial charge on any atom is -0.543 e. The van der Waals surface area contributed by atoms with Crippen LogP contribution in [0, 0.1) is 0 Å². The van der Waals surface area contributed by atoms with Crippen LogP contribution in [0.2, 0.25) is 0 Å². The molecule has 1 unspecified atom stereocenters. The van der Waals surface area contributed by atoms with Crippen LogP contribution in [0.5, 0.6) is 0 Å². The Hall–Kier alpha value is -0.970. The Kier molecular flexibility index (Phi) is 4.36. The van der Waals surface area contributed by atoms with Crippen LogP contribution in [0.25, 0.3) is 0 Å². The molecule has 0 aliphatic rings. The maximum Gasteiger partial charge on any atom is 0.378 e. The topological polar surface area (TPSA) is 72.8 Å². The summed E-state index contributed by atoms with van der Waals surface area (Å²) < 4.78 is 7.29. The highest BCUT2D eigenvalue weighted by Crippen LogP contribution is 1.94. The molecule has 0 aromatic heterocycles. The van der Waals surface area contributed by atoms with E-state index in [0.717, 1.165) is 0 Å². The van der Waals surface area contributed by atoms with Crippen LogP contribution in [-0.4, -0.2) is 39.2 Å². The van der Waals surface area contributed by atoms with Crippen molar-refractivity contribution in [1.82, 2.24) is 0 Å². The van der Waals surface area contributed by atoms with Gasteiger partial charge in [0.05, 0.1) is 6.42 Å². The first kappa shape index (κ1) is 10.0. The molecule has 0 heterocycles. The number of rotatable bonds is 3. The summed E-state index contributed by atoms with van der Waals surface area (Å²) in [7, 11) is 8.82. The quantitative estimate of drug-likeness (QED) is 0.475. The van der Waals surface area contributed by atoms with Gasteiger partial charge in [0, 0.05) is 0 Å². The van der Waals surface area contributed by atoms with Crippen molar-refractivity contribution in [2.45, 2.75) is 12.5 Å². The minimum absolute atomic E-state index is 0.577. The highest BCUT2D eigenvalue weighted by Gasteiger charge is 2.18. The van der Waals surface area contributed by atoms with Gasteiger partial charge in [-0.05, 0) is 0 Å². The average molecular weight is 154 g/mol. The van der Waals surface area contributed by atoms with E-state index < -0.39 is 24.5 Å². The van der Waals surface area contributed by atoms with Gasteiger partial charge in [-0.25, -0.2) is 0 Å². The Morgan fingerprint density at radius 1 is 1.36 bits per heavy atom. The van der Waals surface area contributed by atoms with Gasteiger partial charge in [0.15, 0.2) is 6.10 Å². The van der Waals surface area contributed by atoms with E-state index in [0.29, 0.717) is 0 Å². The maximum atomic E-state index is 10.3. The summed E-state index contributed by atoms with van der Waals surface area (Å²) in [5.74, 6) is -2.04. The third-order valence-electron chi connectivity index (χ3n) is 0.880. The van der Waals surface area contributed by atoms with Gasteiger partial charge < -0.3 is 14.4 Å². The lowest BCUT2D eigenvalue weighted by molar-refractivity contribution is -0.149. The van der Waals surface area contributed by atoms with Gasteiger partial charge in [0.25, 0.3) is 5.97 Å². The van der Waals surface area contributed by atoms with Gasteiger partial charge in [-0.1, -0.05) is 0 Å². The molecule has 0 fully saturated rings. The highest BCUT2D eigenvalue weighted by molar-refractivity contribution is 6.07. The monoisotopic (exact) mass is 154 g/mol. The van der Waals surface area contributed by atoms with Crippen molar-refractivity contribution in [3.05, 3.63) is 0 Å². The summed E-state index contributed by atoms with van der Waals surface area (Å²) in [6, 6.07) is 0. The smallest absolute Gasteiger partial charge is 0.378 e. The number of hydrogen-bond acceptors (Lipinski definition) is 5. The highest BCUT2D eigenvalue weighted by atomic mass is 16.5. The number of hydrogen-bond donors (Lipinski definition) is 1. The Morgan fingerprint density at radius 2 is 1.91 bits per heavy atom. The normalized spacial score (nSPS) is 11.7. The zero-order chi connectivity index (χ0) is 8.85. The van der Waals surface area contributed by atoms with E-state index in [2.05, 4.69) is 25.4 Å². The van der Waals surface area contributed by atoms with Gasteiger partial charge >= 0.3 is 22.1 Å². The first-order valence-corrected chi connectivity index (χ1v) is 2.60. The minimum atomic E-state index is -1.63. The Labute approximate surface area is 65.6 Å². The lowest BCUT2D eigenvalue weighted by Crippen LogP contribution is -2.25. The second-order valence-electron chi connectivity index (χ2n) is 1.65. The fourth-order valence-electron chi connectivity index (χ4n) is 0.368. The molecule has 0 rings (SSSR count). The van der Waals surface area contributed by atoms with E-state index in [4.69, 9.17) is 5.11 Å². The summed E-state index contributed by atoms with van der Waals surface area (Å²) in [6.07, 6.45) is -2.21. The van der Waals surface area contributed by atoms with Crippen LogP contribution in [-0.2, 0) is 18.9 Å². The van der Waals surface area contributed by atoms with Gasteiger partial charge in [-0.2, -0.15) is 0 Å². The van der Waals surface area contributed by atoms with Crippen LogP contribution in [0.4, 0.5) is 0 Å². The second kappa shape index (κ2) is 4.79. The molecule has 7 heteroatoms. The molecule has 0 aromatic carbocycles. The summed E-state index contributed by atoms with van der Waals surface area (Å²) >= 11 is 0. The lowest BCUT2D eigenvalue weighted by Gasteiger charge is -2.06. The van der Waals surface area contributed by atoms with Crippen molar-refractivity contribution in [3.8, 4) is 0 Å². The molecule has 0 saturated heterocycles. The van der Waals surface area contributed by atoms with E-state index in [1.807, 2.05) is 0 Å². The standard InChI is InChI=1S/C4H4B2O5/c5-10-3(8)1-2(7)4(9)11-6/h2,7H,1H2. The second-order valence-corrected chi connectivity index (χ2v) is 1.65. The molecular weight excluding hydrogens is 150 g/mol. The molecule has 0 aliphatic carbocycles. The SMILES string of the molecule is [B]OC(=O)CC(O)C(=O)O[B]. The molecule has 1 atom stereocenters. The molecule has 11 heavy (non-hydrogen) atoms. The van der Waals surface area contributed by atoms with Crippen molar-refractivity contribution in [1.29, 1.82) is 0 Å². The zero-order valence-electron chi connectivity index (χ0n) is 5.52. The Balaban J connectivity index is 3.77. The predicted octanol–water partition coefficient (Wildman–Crippen LogP) is -2.01. The Morgan fingerprint density at radius 3 is 2.27 bits per heavy atom. The van der Waals surface area contributed by atoms with Gasteiger partial charge in [-0.3, -0.25) is 9.59 Å². The van der Waals surface area contributed by atoms with Crippen molar-refractivity contribution < 1.29 is 24.0 Å². The maximum absolute atomic E-state index is 10.3. The van der Waals surface area contributed by atoms with Gasteiger partial charge in [0.2, 0.25) is 0 Å². The molecule has 0 amide bonds. The van der Waals surface area contributed by atoms with E-state index in [9.17, 15) is 9.59 Å². The zero-order valence-corrected chi connectivity index (χ0v) is 5.52. The van der Waals surface area contributed by atoms with Crippen LogP contribution in [0.15, 0.2) is 0 Å². The number of carbonyl (C=O) groups excluding carboxylic acids is 2. The lowest BCUT2D eigenvalue weighted by atomic mass is 10.2. The summed E-state index contributed by atoms with van der Waals surface area (Å²) in [5, 5.41) is 8.71. The molecule has 0 aliphatic heterocycles. The molecule has 56 valence electrons. The van der Waals surface area contributed by atoms with Gasteiger partial charge in [-0.15, -0.1) is 0 Å². The Bertz CT molecular complexity index is 159.